The zero-order valence-electron chi connectivity index (χ0n) is 45.4. The Hall–Kier alpha value is -7.77. The molecule has 9 atom stereocenters. The molecule has 78 heavy (non-hydrogen) atoms. The lowest BCUT2D eigenvalue weighted by molar-refractivity contribution is -0.137. The number of carbonyl (C=O) groups is 11. The van der Waals surface area contributed by atoms with Gasteiger partial charge in [0.15, 0.2) is 5.96 Å². The van der Waals surface area contributed by atoms with Crippen LogP contribution in [0.2, 0.25) is 0 Å². The number of carbonyl (C=O) groups excluding carboxylic acids is 11. The van der Waals surface area contributed by atoms with Crippen molar-refractivity contribution in [1.29, 1.82) is 0 Å². The first kappa shape index (κ1) is 70.2. The molecular weight excluding hydrogens is 1020 g/mol. The molecule has 0 aromatic heterocycles. The number of guanidine groups is 1. The molecule has 438 valence electrons. The van der Waals surface area contributed by atoms with Crippen LogP contribution in [0.4, 0.5) is 0 Å². The highest BCUT2D eigenvalue weighted by Crippen LogP contribution is 2.13. The lowest BCUT2D eigenvalue weighted by Gasteiger charge is -2.29. The van der Waals surface area contributed by atoms with Gasteiger partial charge in [0.05, 0.1) is 13.2 Å². The molecule has 0 saturated heterocycles. The molecule has 0 radical (unpaired) electrons. The second kappa shape index (κ2) is 39.6. The van der Waals surface area contributed by atoms with Crippen molar-refractivity contribution in [1.82, 2.24) is 47.9 Å². The number of aliphatic imine (C=N–C) groups is 1. The van der Waals surface area contributed by atoms with Crippen molar-refractivity contribution in [2.24, 2.45) is 50.6 Å². The summed E-state index contributed by atoms with van der Waals surface area (Å²) in [6, 6.07) is -11.1. The van der Waals surface area contributed by atoms with Gasteiger partial charge in [-0.05, 0) is 94.5 Å². The second-order valence-electron chi connectivity index (χ2n) is 18.9. The Morgan fingerprint density at radius 3 is 1.65 bits per heavy atom. The third-order valence-electron chi connectivity index (χ3n) is 11.9. The first-order valence-corrected chi connectivity index (χ1v) is 25.9. The van der Waals surface area contributed by atoms with Crippen molar-refractivity contribution >= 4 is 70.9 Å². The molecule has 30 heteroatoms. The lowest BCUT2D eigenvalue weighted by atomic mass is 9.97. The van der Waals surface area contributed by atoms with Crippen LogP contribution in [-0.4, -0.2) is 157 Å². The van der Waals surface area contributed by atoms with E-state index in [1.807, 2.05) is 0 Å². The maximum absolute atomic E-state index is 14.1. The SMILES string of the molecule is C#CCCCC[C@H](NC(=O)CNC(=O)[C@H](CCCCN)NC(C)=O)C(=O)N[C@@H](CO)C(=O)N[C@H](C(=O)N[C@@H](CCC(N)=O)C(=O)N[C@@H](CCN=[N+]=[N-])C(=O)N[C@@H](CC(C)C)C(=O)N[C@@H](CCCN=C(N)N)C(N)=O)[C@@H](C)CC. The molecule has 0 aliphatic rings. The van der Waals surface area contributed by atoms with E-state index in [0.29, 0.717) is 38.6 Å². The maximum atomic E-state index is 14.1. The van der Waals surface area contributed by atoms with E-state index in [0.717, 1.165) is 0 Å². The van der Waals surface area contributed by atoms with Crippen molar-refractivity contribution in [2.45, 2.75) is 173 Å². The second-order valence-corrected chi connectivity index (χ2v) is 18.9. The standard InChI is InChI=1S/C48H84N18O12/c1-7-9-10-11-15-32(59-38(70)25-56-41(72)31(58-29(6)68)16-12-13-21-49)42(73)64-36(26-67)46(77)65-39(28(5)8-2)47(78)62-33(18-19-37(50)69)43(74)61-34(20-23-57-66-54)44(75)63-35(24-27(3)4)45(76)60-30(40(51)71)17-14-22-55-48(52)53/h1,27-28,30-36,39,67H,8-26,49H2,2-6H3,(H2,50,69)(H2,51,71)(H,56,72)(H,58,68)(H,59,70)(H,60,76)(H,61,74)(H,62,78)(H,63,75)(H,64,73)(H,65,77)(H4,52,53,55)/t28-,30-,31-,32-,33-,34-,35-,36-,39-/m0/s1. The molecule has 30 nitrogen and oxygen atoms in total. The molecule has 0 aliphatic carbocycles. The Morgan fingerprint density at radius 2 is 1.13 bits per heavy atom. The van der Waals surface area contributed by atoms with Crippen LogP contribution in [-0.2, 0) is 52.7 Å². The molecular formula is C48H84N18O12. The Balaban J connectivity index is 6.56. The molecule has 0 aliphatic heterocycles. The number of hydrogen-bond donors (Lipinski definition) is 15. The van der Waals surface area contributed by atoms with E-state index in [1.54, 1.807) is 27.7 Å². The predicted octanol–water partition coefficient (Wildman–Crippen LogP) is -4.09. The number of nitrogens with one attached hydrogen (secondary N) is 9. The first-order valence-electron chi connectivity index (χ1n) is 25.9. The van der Waals surface area contributed by atoms with Gasteiger partial charge in [0, 0.05) is 37.8 Å². The van der Waals surface area contributed by atoms with Gasteiger partial charge in [0.1, 0.15) is 48.3 Å². The van der Waals surface area contributed by atoms with Crippen LogP contribution in [0, 0.1) is 24.2 Å². The van der Waals surface area contributed by atoms with E-state index >= 15 is 0 Å². The lowest BCUT2D eigenvalue weighted by Crippen LogP contribution is -2.61. The Kier molecular flexibility index (Phi) is 35.6. The molecule has 0 aromatic rings. The summed E-state index contributed by atoms with van der Waals surface area (Å²) in [5.74, 6) is -8.00. The van der Waals surface area contributed by atoms with E-state index in [4.69, 9.17) is 40.6 Å². The van der Waals surface area contributed by atoms with E-state index in [2.05, 4.69) is 68.8 Å². The number of nitrogens with zero attached hydrogens (tertiary/aromatic N) is 4. The Bertz CT molecular complexity index is 2130. The highest BCUT2D eigenvalue weighted by molar-refractivity contribution is 5.98. The summed E-state index contributed by atoms with van der Waals surface area (Å²) >= 11 is 0. The number of hydrogen-bond acceptors (Lipinski definition) is 15. The first-order chi connectivity index (χ1) is 36.8. The minimum atomic E-state index is -1.71. The van der Waals surface area contributed by atoms with Crippen molar-refractivity contribution in [3.8, 4) is 12.3 Å². The maximum Gasteiger partial charge on any atom is 0.245 e. The Morgan fingerprint density at radius 1 is 0.615 bits per heavy atom. The minimum absolute atomic E-state index is 0.0101. The number of aliphatic hydroxyl groups excluding tert-OH is 1. The van der Waals surface area contributed by atoms with E-state index in [9.17, 15) is 57.8 Å². The minimum Gasteiger partial charge on any atom is -0.394 e. The number of terminal acetylenes is 1. The normalized spacial score (nSPS) is 14.2. The van der Waals surface area contributed by atoms with Crippen molar-refractivity contribution < 1.29 is 57.8 Å². The summed E-state index contributed by atoms with van der Waals surface area (Å²) < 4.78 is 0. The smallest absolute Gasteiger partial charge is 0.245 e. The van der Waals surface area contributed by atoms with Gasteiger partial charge in [-0.2, -0.15) is 0 Å². The van der Waals surface area contributed by atoms with Crippen LogP contribution in [0.1, 0.15) is 125 Å². The van der Waals surface area contributed by atoms with Gasteiger partial charge < -0.3 is 81.6 Å². The average molecular weight is 1110 g/mol. The predicted molar refractivity (Wildman–Crippen MR) is 286 cm³/mol. The van der Waals surface area contributed by atoms with Crippen molar-refractivity contribution in [3.05, 3.63) is 10.4 Å². The molecule has 0 rings (SSSR count). The van der Waals surface area contributed by atoms with Crippen LogP contribution >= 0.6 is 0 Å². The molecule has 0 unspecified atom stereocenters. The number of unbranched alkanes of at least 4 members (excludes halogenated alkanes) is 3. The third kappa shape index (κ3) is 30.1. The largest absolute Gasteiger partial charge is 0.394 e. The van der Waals surface area contributed by atoms with Gasteiger partial charge in [-0.1, -0.05) is 39.2 Å². The molecule has 0 saturated carbocycles. The fraction of sp³-hybridized carbons (Fsp3) is 0.708. The van der Waals surface area contributed by atoms with Crippen LogP contribution in [0.3, 0.4) is 0 Å². The van der Waals surface area contributed by atoms with Gasteiger partial charge >= 0.3 is 0 Å². The van der Waals surface area contributed by atoms with Crippen LogP contribution < -0.4 is 76.5 Å². The van der Waals surface area contributed by atoms with Gasteiger partial charge in [-0.15, -0.1) is 12.3 Å². The number of aliphatic hydroxyl groups is 1. The summed E-state index contributed by atoms with van der Waals surface area (Å²) in [5, 5.41) is 36.2. The highest BCUT2D eigenvalue weighted by Gasteiger charge is 2.36. The zero-order chi connectivity index (χ0) is 59.3. The number of rotatable bonds is 41. The van der Waals surface area contributed by atoms with Crippen LogP contribution in [0.25, 0.3) is 10.4 Å². The number of primary amides is 2. The van der Waals surface area contributed by atoms with Crippen molar-refractivity contribution in [3.63, 3.8) is 0 Å². The van der Waals surface area contributed by atoms with Gasteiger partial charge in [0.2, 0.25) is 65.0 Å². The quantitative estimate of drug-likeness (QED) is 0.00527. The molecule has 0 heterocycles. The van der Waals surface area contributed by atoms with E-state index in [1.165, 1.54) is 6.92 Å². The summed E-state index contributed by atoms with van der Waals surface area (Å²) in [7, 11) is 0. The van der Waals surface area contributed by atoms with Gasteiger partial charge in [-0.25, -0.2) is 0 Å². The number of amides is 11. The molecule has 11 amide bonds. The molecule has 0 bridgehead atoms. The summed E-state index contributed by atoms with van der Waals surface area (Å²) in [4.78, 5) is 152. The van der Waals surface area contributed by atoms with Crippen LogP contribution in [0.15, 0.2) is 10.1 Å². The van der Waals surface area contributed by atoms with Crippen LogP contribution in [0.5, 0.6) is 0 Å². The Labute approximate surface area is 454 Å². The monoisotopic (exact) mass is 1100 g/mol. The summed E-state index contributed by atoms with van der Waals surface area (Å²) in [6.07, 6.45) is 7.25. The van der Waals surface area contributed by atoms with Gasteiger partial charge in [0.25, 0.3) is 0 Å². The average Bonchev–Trinajstić information content (AvgIpc) is 3.37. The van der Waals surface area contributed by atoms with Crippen molar-refractivity contribution in [2.75, 3.05) is 32.8 Å². The zero-order valence-corrected chi connectivity index (χ0v) is 45.4. The number of nitrogens with two attached hydrogens (primary N) is 5. The molecule has 20 N–H and O–H groups in total. The fourth-order valence-electron chi connectivity index (χ4n) is 7.44. The third-order valence-corrected chi connectivity index (χ3v) is 11.9. The molecule has 0 fully saturated rings. The van der Waals surface area contributed by atoms with E-state index in [-0.39, 0.29) is 69.9 Å². The van der Waals surface area contributed by atoms with Gasteiger partial charge in [-0.3, -0.25) is 57.7 Å². The topological polar surface area (TPSA) is 507 Å². The summed E-state index contributed by atoms with van der Waals surface area (Å²) in [6.45, 7) is 6.57. The fourth-order valence-corrected chi connectivity index (χ4v) is 7.44. The van der Waals surface area contributed by atoms with E-state index < -0.39 is 145 Å². The number of azide groups is 1. The molecule has 0 spiro atoms. The molecule has 0 aromatic carbocycles. The summed E-state index contributed by atoms with van der Waals surface area (Å²) in [5.41, 5.74) is 36.2. The highest BCUT2D eigenvalue weighted by atomic mass is 16.3.